The van der Waals surface area contributed by atoms with E-state index in [9.17, 15) is 8.42 Å². The lowest BCUT2D eigenvalue weighted by Crippen LogP contribution is -2.16. The first-order valence-electron chi connectivity index (χ1n) is 11.8. The van der Waals surface area contributed by atoms with Crippen molar-refractivity contribution in [3.8, 4) is 34.5 Å². The van der Waals surface area contributed by atoms with E-state index >= 15 is 0 Å². The molecule has 0 unspecified atom stereocenters. The molecule has 0 aliphatic heterocycles. The van der Waals surface area contributed by atoms with Crippen LogP contribution in [0, 0.1) is 0 Å². The van der Waals surface area contributed by atoms with Gasteiger partial charge in [0.15, 0.2) is 23.0 Å². The van der Waals surface area contributed by atoms with Crippen LogP contribution in [0.25, 0.3) is 10.8 Å². The maximum Gasteiger partial charge on any atom is 0.265 e. The van der Waals surface area contributed by atoms with Gasteiger partial charge in [-0.1, -0.05) is 0 Å². The molecule has 0 atom stereocenters. The molecule has 0 saturated heterocycles. The Labute approximate surface area is 227 Å². The van der Waals surface area contributed by atoms with Gasteiger partial charge in [-0.2, -0.15) is 0 Å². The van der Waals surface area contributed by atoms with Gasteiger partial charge in [0, 0.05) is 30.1 Å². The van der Waals surface area contributed by atoms with Crippen molar-refractivity contribution in [2.75, 3.05) is 47.4 Å². The van der Waals surface area contributed by atoms with E-state index in [0.29, 0.717) is 40.0 Å². The van der Waals surface area contributed by atoms with Crippen molar-refractivity contribution >= 4 is 26.5 Å². The predicted octanol–water partition coefficient (Wildman–Crippen LogP) is 4.68. The maximum absolute atomic E-state index is 13.6. The molecule has 1 heterocycles. The molecule has 0 bridgehead atoms. The molecule has 0 aliphatic carbocycles. The lowest BCUT2D eigenvalue weighted by Gasteiger charge is -2.18. The molecule has 206 valence electrons. The Kier molecular flexibility index (Phi) is 8.20. The fourth-order valence-electron chi connectivity index (χ4n) is 4.24. The van der Waals surface area contributed by atoms with Crippen molar-refractivity contribution in [3.05, 3.63) is 66.0 Å². The van der Waals surface area contributed by atoms with E-state index < -0.39 is 10.0 Å². The molecule has 1 aromatic heterocycles. The van der Waals surface area contributed by atoms with Gasteiger partial charge in [-0.3, -0.25) is 9.71 Å². The molecule has 0 amide bonds. The van der Waals surface area contributed by atoms with E-state index in [-0.39, 0.29) is 22.8 Å². The molecular weight excluding hydrogens is 524 g/mol. The summed E-state index contributed by atoms with van der Waals surface area (Å²) in [7, 11) is 4.87. The number of aromatic nitrogens is 1. The molecule has 11 heteroatoms. The number of rotatable bonds is 11. The number of fused-ring (bicyclic) bond motifs is 1. The van der Waals surface area contributed by atoms with Crippen LogP contribution in [-0.2, 0) is 16.4 Å². The van der Waals surface area contributed by atoms with Gasteiger partial charge in [-0.05, 0) is 47.3 Å². The van der Waals surface area contributed by atoms with E-state index in [4.69, 9.17) is 28.4 Å². The quantitative estimate of drug-likeness (QED) is 0.282. The van der Waals surface area contributed by atoms with Gasteiger partial charge in [0.1, 0.15) is 16.4 Å². The van der Waals surface area contributed by atoms with Crippen molar-refractivity contribution in [1.29, 1.82) is 0 Å². The highest BCUT2D eigenvalue weighted by Gasteiger charge is 2.24. The summed E-state index contributed by atoms with van der Waals surface area (Å²) in [6.45, 7) is 0. The molecule has 4 aromatic rings. The fraction of sp³-hybridized carbons (Fsp3) is 0.250. The number of nitrogens with one attached hydrogen (secondary N) is 1. The second-order valence-corrected chi connectivity index (χ2v) is 10.0. The zero-order valence-corrected chi connectivity index (χ0v) is 23.3. The molecule has 1 N–H and O–H groups in total. The summed E-state index contributed by atoms with van der Waals surface area (Å²) in [6, 6.07) is 13.4. The Bertz CT molecular complexity index is 1610. The van der Waals surface area contributed by atoms with Crippen LogP contribution in [-0.4, -0.2) is 56.1 Å². The Balaban J connectivity index is 1.85. The lowest BCUT2D eigenvalue weighted by molar-refractivity contribution is 0.355. The zero-order valence-electron chi connectivity index (χ0n) is 22.5. The summed E-state index contributed by atoms with van der Waals surface area (Å²) in [5, 5.41) is 1.72. The average Bonchev–Trinajstić information content (AvgIpc) is 2.96. The lowest BCUT2D eigenvalue weighted by atomic mass is 10.0. The first-order chi connectivity index (χ1) is 18.8. The number of methoxy groups -OCH3 is 6. The minimum atomic E-state index is -4.12. The van der Waals surface area contributed by atoms with Crippen LogP contribution in [0.3, 0.4) is 0 Å². The van der Waals surface area contributed by atoms with Gasteiger partial charge in [-0.25, -0.2) is 8.42 Å². The van der Waals surface area contributed by atoms with Crippen LogP contribution < -0.4 is 33.1 Å². The number of ether oxygens (including phenoxy) is 6. The van der Waals surface area contributed by atoms with Crippen LogP contribution in [0.4, 0.5) is 5.69 Å². The molecule has 4 rings (SSSR count). The van der Waals surface area contributed by atoms with Gasteiger partial charge in [-0.15, -0.1) is 0 Å². The van der Waals surface area contributed by atoms with E-state index in [2.05, 4.69) is 9.71 Å². The molecule has 10 nitrogen and oxygen atoms in total. The van der Waals surface area contributed by atoms with Gasteiger partial charge >= 0.3 is 0 Å². The monoisotopic (exact) mass is 554 g/mol. The highest BCUT2D eigenvalue weighted by molar-refractivity contribution is 7.92. The van der Waals surface area contributed by atoms with Crippen molar-refractivity contribution < 1.29 is 36.8 Å². The first kappa shape index (κ1) is 27.6. The molecular formula is C28H30N2O8S. The summed E-state index contributed by atoms with van der Waals surface area (Å²) in [5.41, 5.74) is 1.59. The summed E-state index contributed by atoms with van der Waals surface area (Å²) in [6.07, 6.45) is 1.95. The summed E-state index contributed by atoms with van der Waals surface area (Å²) in [5.74, 6) is 2.48. The maximum atomic E-state index is 13.6. The second kappa shape index (κ2) is 11.6. The summed E-state index contributed by atoms with van der Waals surface area (Å²) < 4.78 is 62.4. The second-order valence-electron chi connectivity index (χ2n) is 8.35. The number of pyridine rings is 1. The van der Waals surface area contributed by atoms with Gasteiger partial charge in [0.05, 0.1) is 54.0 Å². The molecule has 39 heavy (non-hydrogen) atoms. The van der Waals surface area contributed by atoms with Crippen molar-refractivity contribution in [2.45, 2.75) is 11.3 Å². The zero-order chi connectivity index (χ0) is 28.2. The third-order valence-corrected chi connectivity index (χ3v) is 7.61. The van der Waals surface area contributed by atoms with Crippen molar-refractivity contribution in [2.24, 2.45) is 0 Å². The van der Waals surface area contributed by atoms with Crippen LogP contribution in [0.5, 0.6) is 34.5 Å². The van der Waals surface area contributed by atoms with Crippen LogP contribution in [0.15, 0.2) is 59.6 Å². The van der Waals surface area contributed by atoms with Crippen molar-refractivity contribution in [1.82, 2.24) is 4.98 Å². The number of hydrogen-bond donors (Lipinski definition) is 1. The Morgan fingerprint density at radius 2 is 1.31 bits per heavy atom. The Hall–Kier alpha value is -4.38. The number of nitrogens with zero attached hydrogens (tertiary/aromatic N) is 1. The van der Waals surface area contributed by atoms with Gasteiger partial charge in [0.25, 0.3) is 10.0 Å². The molecule has 0 radical (unpaired) electrons. The largest absolute Gasteiger partial charge is 0.497 e. The summed E-state index contributed by atoms with van der Waals surface area (Å²) in [4.78, 5) is 4.52. The number of anilines is 1. The SMILES string of the molecule is COc1ccc(OC)c(S(=O)(=O)Nc2cc(OC)c(OC)cc2Cc2nccc3cc(OC)c(OC)cc23)c1. The highest BCUT2D eigenvalue weighted by Crippen LogP contribution is 2.38. The molecule has 0 aliphatic rings. The fourth-order valence-corrected chi connectivity index (χ4v) is 5.51. The van der Waals surface area contributed by atoms with E-state index in [1.54, 1.807) is 38.6 Å². The van der Waals surface area contributed by atoms with Crippen molar-refractivity contribution in [3.63, 3.8) is 0 Å². The number of sulfonamides is 1. The number of benzene rings is 3. The normalized spacial score (nSPS) is 11.1. The number of hydrogen-bond acceptors (Lipinski definition) is 9. The minimum absolute atomic E-state index is 0.0785. The molecule has 0 spiro atoms. The van der Waals surface area contributed by atoms with E-state index in [0.717, 1.165) is 10.8 Å². The van der Waals surface area contributed by atoms with Crippen LogP contribution >= 0.6 is 0 Å². The third-order valence-electron chi connectivity index (χ3n) is 6.22. The molecule has 0 saturated carbocycles. The third kappa shape index (κ3) is 5.58. The van der Waals surface area contributed by atoms with Crippen LogP contribution in [0.2, 0.25) is 0 Å². The van der Waals surface area contributed by atoms with E-state index in [1.807, 2.05) is 18.2 Å². The predicted molar refractivity (Wildman–Crippen MR) is 148 cm³/mol. The van der Waals surface area contributed by atoms with Gasteiger partial charge < -0.3 is 28.4 Å². The Morgan fingerprint density at radius 3 is 1.95 bits per heavy atom. The van der Waals surface area contributed by atoms with Gasteiger partial charge in [0.2, 0.25) is 0 Å². The molecule has 3 aromatic carbocycles. The highest BCUT2D eigenvalue weighted by atomic mass is 32.2. The topological polar surface area (TPSA) is 114 Å². The minimum Gasteiger partial charge on any atom is -0.497 e. The van der Waals surface area contributed by atoms with E-state index in [1.165, 1.54) is 40.6 Å². The van der Waals surface area contributed by atoms with Crippen LogP contribution in [0.1, 0.15) is 11.3 Å². The smallest absolute Gasteiger partial charge is 0.265 e. The summed E-state index contributed by atoms with van der Waals surface area (Å²) >= 11 is 0. The average molecular weight is 555 g/mol. The standard InChI is InChI=1S/C28H30N2O8S/c1-33-19-7-8-23(34-2)28(14-19)39(31,32)30-21-16-27(38-6)25(36-4)13-18(21)11-22-20-15-26(37-5)24(35-3)12-17(20)9-10-29-22/h7-10,12-16,30H,11H2,1-6H3. The molecule has 0 fully saturated rings. The Morgan fingerprint density at radius 1 is 0.692 bits per heavy atom. The first-order valence-corrected chi connectivity index (χ1v) is 13.3.